The molecule has 0 saturated carbocycles. The zero-order chi connectivity index (χ0) is 16.3. The van der Waals surface area contributed by atoms with E-state index in [0.717, 1.165) is 12.0 Å². The number of carbonyl (C=O) groups is 1. The number of aromatic amines is 1. The van der Waals surface area contributed by atoms with E-state index in [9.17, 15) is 13.2 Å². The van der Waals surface area contributed by atoms with Crippen LogP contribution in [0.2, 0.25) is 0 Å². The SMILES string of the molecule is CCc1ccc(CC(=O)NS(=O)(=O)c2c(C)n[nH]c2C)cc1. The van der Waals surface area contributed by atoms with Gasteiger partial charge < -0.3 is 0 Å². The Balaban J connectivity index is 2.11. The quantitative estimate of drug-likeness (QED) is 0.875. The van der Waals surface area contributed by atoms with Crippen LogP contribution in [0.15, 0.2) is 29.2 Å². The number of aryl methyl sites for hydroxylation is 3. The molecule has 0 unspecified atom stereocenters. The van der Waals surface area contributed by atoms with Gasteiger partial charge in [0.05, 0.1) is 17.8 Å². The number of carbonyl (C=O) groups excluding carboxylic acids is 1. The van der Waals surface area contributed by atoms with Crippen LogP contribution in [0.25, 0.3) is 0 Å². The van der Waals surface area contributed by atoms with Gasteiger partial charge in [-0.3, -0.25) is 9.89 Å². The Labute approximate surface area is 130 Å². The molecule has 2 aromatic rings. The van der Waals surface area contributed by atoms with Crippen LogP contribution in [0, 0.1) is 13.8 Å². The first-order valence-electron chi connectivity index (χ1n) is 6.98. The van der Waals surface area contributed by atoms with Crippen LogP contribution in [-0.4, -0.2) is 24.5 Å². The Morgan fingerprint density at radius 2 is 1.77 bits per heavy atom. The lowest BCUT2D eigenvalue weighted by Crippen LogP contribution is -2.32. The Kier molecular flexibility index (Phi) is 4.65. The molecule has 0 aliphatic rings. The fraction of sp³-hybridized carbons (Fsp3) is 0.333. The molecule has 0 aliphatic heterocycles. The van der Waals surface area contributed by atoms with E-state index in [1.54, 1.807) is 13.8 Å². The fourth-order valence-electron chi connectivity index (χ4n) is 2.25. The number of rotatable bonds is 5. The Bertz CT molecular complexity index is 757. The van der Waals surface area contributed by atoms with Crippen molar-refractivity contribution in [1.29, 1.82) is 0 Å². The van der Waals surface area contributed by atoms with E-state index < -0.39 is 15.9 Å². The number of H-pyrrole nitrogens is 1. The van der Waals surface area contributed by atoms with Gasteiger partial charge >= 0.3 is 0 Å². The molecule has 1 amide bonds. The summed E-state index contributed by atoms with van der Waals surface area (Å²) in [6, 6.07) is 7.53. The summed E-state index contributed by atoms with van der Waals surface area (Å²) in [5.74, 6) is -0.566. The number of benzene rings is 1. The Morgan fingerprint density at radius 1 is 1.18 bits per heavy atom. The first-order chi connectivity index (χ1) is 10.3. The van der Waals surface area contributed by atoms with Gasteiger partial charge in [-0.15, -0.1) is 0 Å². The van der Waals surface area contributed by atoms with Gasteiger partial charge in [0.25, 0.3) is 10.0 Å². The van der Waals surface area contributed by atoms with Gasteiger partial charge in [-0.2, -0.15) is 5.10 Å². The molecule has 0 atom stereocenters. The van der Waals surface area contributed by atoms with Crippen LogP contribution in [-0.2, 0) is 27.7 Å². The lowest BCUT2D eigenvalue weighted by atomic mass is 10.1. The highest BCUT2D eigenvalue weighted by molar-refractivity contribution is 7.90. The van der Waals surface area contributed by atoms with Crippen LogP contribution >= 0.6 is 0 Å². The van der Waals surface area contributed by atoms with Crippen LogP contribution in [0.3, 0.4) is 0 Å². The van der Waals surface area contributed by atoms with E-state index in [1.807, 2.05) is 31.2 Å². The summed E-state index contributed by atoms with van der Waals surface area (Å²) in [6.45, 7) is 5.22. The van der Waals surface area contributed by atoms with Crippen LogP contribution < -0.4 is 4.72 Å². The molecule has 0 aliphatic carbocycles. The number of nitrogens with one attached hydrogen (secondary N) is 2. The number of hydrogen-bond donors (Lipinski definition) is 2. The topological polar surface area (TPSA) is 91.9 Å². The lowest BCUT2D eigenvalue weighted by Gasteiger charge is -2.07. The van der Waals surface area contributed by atoms with Crippen molar-refractivity contribution in [2.75, 3.05) is 0 Å². The third-order valence-electron chi connectivity index (χ3n) is 3.37. The van der Waals surface area contributed by atoms with Gasteiger partial charge in [-0.1, -0.05) is 31.2 Å². The number of nitrogens with zero attached hydrogens (tertiary/aromatic N) is 1. The van der Waals surface area contributed by atoms with Crippen molar-refractivity contribution in [1.82, 2.24) is 14.9 Å². The number of sulfonamides is 1. The van der Waals surface area contributed by atoms with Crippen LogP contribution in [0.1, 0.15) is 29.4 Å². The Hall–Kier alpha value is -2.15. The van der Waals surface area contributed by atoms with Gasteiger partial charge in [0, 0.05) is 0 Å². The number of amides is 1. The van der Waals surface area contributed by atoms with Gasteiger partial charge in [0.15, 0.2) is 0 Å². The van der Waals surface area contributed by atoms with Crippen molar-refractivity contribution in [2.45, 2.75) is 38.5 Å². The summed E-state index contributed by atoms with van der Waals surface area (Å²) in [5.41, 5.74) is 2.68. The minimum Gasteiger partial charge on any atom is -0.281 e. The van der Waals surface area contributed by atoms with E-state index in [1.165, 1.54) is 5.56 Å². The standard InChI is InChI=1S/C15H19N3O3S/c1-4-12-5-7-13(8-6-12)9-14(19)18-22(20,21)15-10(2)16-17-11(15)3/h5-8H,4,9H2,1-3H3,(H,16,17)(H,18,19). The third kappa shape index (κ3) is 3.54. The predicted octanol–water partition coefficient (Wildman–Crippen LogP) is 1.64. The zero-order valence-electron chi connectivity index (χ0n) is 12.8. The normalized spacial score (nSPS) is 11.4. The molecule has 1 aromatic carbocycles. The second kappa shape index (κ2) is 6.31. The predicted molar refractivity (Wildman–Crippen MR) is 82.9 cm³/mol. The van der Waals surface area contributed by atoms with Crippen molar-refractivity contribution < 1.29 is 13.2 Å². The highest BCUT2D eigenvalue weighted by atomic mass is 32.2. The molecule has 0 radical (unpaired) electrons. The van der Waals surface area contributed by atoms with Crippen molar-refractivity contribution in [3.05, 3.63) is 46.8 Å². The Morgan fingerprint density at radius 3 is 2.27 bits per heavy atom. The van der Waals surface area contributed by atoms with Gasteiger partial charge in [0.2, 0.25) is 5.91 Å². The largest absolute Gasteiger partial charge is 0.281 e. The summed E-state index contributed by atoms with van der Waals surface area (Å²) in [5, 5.41) is 6.44. The van der Waals surface area contributed by atoms with Gasteiger partial charge in [-0.25, -0.2) is 13.1 Å². The van der Waals surface area contributed by atoms with Crippen molar-refractivity contribution in [3.63, 3.8) is 0 Å². The highest BCUT2D eigenvalue weighted by Crippen LogP contribution is 2.16. The van der Waals surface area contributed by atoms with E-state index in [-0.39, 0.29) is 11.3 Å². The molecule has 0 bridgehead atoms. The van der Waals surface area contributed by atoms with E-state index in [0.29, 0.717) is 11.4 Å². The molecule has 1 aromatic heterocycles. The summed E-state index contributed by atoms with van der Waals surface area (Å²) >= 11 is 0. The monoisotopic (exact) mass is 321 g/mol. The molecular formula is C15H19N3O3S. The summed E-state index contributed by atoms with van der Waals surface area (Å²) in [4.78, 5) is 12.0. The molecule has 0 saturated heterocycles. The highest BCUT2D eigenvalue weighted by Gasteiger charge is 2.24. The second-order valence-electron chi connectivity index (χ2n) is 5.14. The maximum absolute atomic E-state index is 12.2. The minimum atomic E-state index is -3.90. The fourth-order valence-corrected chi connectivity index (χ4v) is 3.61. The van der Waals surface area contributed by atoms with E-state index in [4.69, 9.17) is 0 Å². The maximum atomic E-state index is 12.2. The molecular weight excluding hydrogens is 302 g/mol. The number of aromatic nitrogens is 2. The molecule has 22 heavy (non-hydrogen) atoms. The summed E-state index contributed by atoms with van der Waals surface area (Å²) < 4.78 is 26.6. The molecule has 0 fully saturated rings. The third-order valence-corrected chi connectivity index (χ3v) is 5.01. The minimum absolute atomic E-state index is 0.0131. The molecule has 2 N–H and O–H groups in total. The van der Waals surface area contributed by atoms with Crippen LogP contribution in [0.4, 0.5) is 0 Å². The average Bonchev–Trinajstić information content (AvgIpc) is 2.79. The average molecular weight is 321 g/mol. The van der Waals surface area contributed by atoms with Crippen molar-refractivity contribution in [2.24, 2.45) is 0 Å². The molecule has 7 heteroatoms. The van der Waals surface area contributed by atoms with Crippen LogP contribution in [0.5, 0.6) is 0 Å². The number of hydrogen-bond acceptors (Lipinski definition) is 4. The lowest BCUT2D eigenvalue weighted by molar-refractivity contribution is -0.118. The smallest absolute Gasteiger partial charge is 0.267 e. The summed E-state index contributed by atoms with van der Waals surface area (Å²) in [6.07, 6.45) is 0.930. The van der Waals surface area contributed by atoms with Crippen molar-refractivity contribution >= 4 is 15.9 Å². The first kappa shape index (κ1) is 16.2. The molecule has 118 valence electrons. The molecule has 1 heterocycles. The van der Waals surface area contributed by atoms with Crippen molar-refractivity contribution in [3.8, 4) is 0 Å². The molecule has 6 nitrogen and oxygen atoms in total. The van der Waals surface area contributed by atoms with Gasteiger partial charge in [0.1, 0.15) is 4.90 Å². The van der Waals surface area contributed by atoms with Gasteiger partial charge in [-0.05, 0) is 31.4 Å². The second-order valence-corrected chi connectivity index (χ2v) is 6.76. The van der Waals surface area contributed by atoms with E-state index >= 15 is 0 Å². The maximum Gasteiger partial charge on any atom is 0.267 e. The molecule has 2 rings (SSSR count). The zero-order valence-corrected chi connectivity index (χ0v) is 13.6. The van der Waals surface area contributed by atoms with E-state index in [2.05, 4.69) is 14.9 Å². The molecule has 0 spiro atoms. The first-order valence-corrected chi connectivity index (χ1v) is 8.47. The summed E-state index contributed by atoms with van der Waals surface area (Å²) in [7, 11) is -3.90.